The van der Waals surface area contributed by atoms with Crippen LogP contribution in [0.25, 0.3) is 11.3 Å². The molecule has 1 aromatic heterocycles. The number of amides is 1. The average molecular weight is 431 g/mol. The molecule has 4 rings (SSSR count). The molecule has 1 aliphatic rings. The van der Waals surface area contributed by atoms with E-state index in [9.17, 15) is 19.6 Å². The number of rotatable bonds is 6. The Morgan fingerprint density at radius 3 is 2.91 bits per heavy atom. The number of nitrogens with one attached hydrogen (secondary N) is 1. The predicted molar refractivity (Wildman–Crippen MR) is 119 cm³/mol. The van der Waals surface area contributed by atoms with Gasteiger partial charge < -0.3 is 15.3 Å². The van der Waals surface area contributed by atoms with Gasteiger partial charge in [0.15, 0.2) is 0 Å². The molecule has 3 aromatic rings. The molecule has 7 nitrogen and oxygen atoms in total. The van der Waals surface area contributed by atoms with E-state index in [1.165, 1.54) is 6.07 Å². The van der Waals surface area contributed by atoms with E-state index in [0.717, 1.165) is 11.1 Å². The number of nitrogens with zero attached hydrogens (tertiary/aromatic N) is 4. The van der Waals surface area contributed by atoms with E-state index < -0.39 is 5.82 Å². The summed E-state index contributed by atoms with van der Waals surface area (Å²) in [5.41, 5.74) is 3.53. The minimum Gasteiger partial charge on any atom is -0.394 e. The lowest BCUT2D eigenvalue weighted by molar-refractivity contribution is -0.117. The third-order valence-electron chi connectivity index (χ3n) is 5.39. The van der Waals surface area contributed by atoms with Crippen molar-refractivity contribution in [3.8, 4) is 17.3 Å². The number of aliphatic hydroxyl groups is 1. The number of anilines is 2. The standard InChI is InChI=1S/C24H22FN5O2/c1-15(14-31)28-24-27-8-6-21(29-24)18-10-17-7-9-30(23(17)19(11-18)13-26)22(32)12-16-4-2-3-5-20(16)25/h2-6,8,10-11,15,31H,7,9,12,14H2,1H3,(H,27,28,29). The molecular weight excluding hydrogens is 409 g/mol. The molecule has 2 heterocycles. The molecule has 0 saturated carbocycles. The van der Waals surface area contributed by atoms with E-state index in [-0.39, 0.29) is 25.0 Å². The Morgan fingerprint density at radius 1 is 1.34 bits per heavy atom. The van der Waals surface area contributed by atoms with Crippen molar-refractivity contribution in [2.75, 3.05) is 23.4 Å². The molecule has 0 aliphatic carbocycles. The maximum atomic E-state index is 14.0. The molecule has 1 unspecified atom stereocenters. The molecule has 1 aliphatic heterocycles. The number of halogens is 1. The van der Waals surface area contributed by atoms with Gasteiger partial charge in [0.25, 0.3) is 0 Å². The van der Waals surface area contributed by atoms with Crippen molar-refractivity contribution < 1.29 is 14.3 Å². The molecule has 1 atom stereocenters. The van der Waals surface area contributed by atoms with Crippen LogP contribution in [0.2, 0.25) is 0 Å². The Kier molecular flexibility index (Phi) is 6.10. The number of aliphatic hydroxyl groups excluding tert-OH is 1. The second kappa shape index (κ2) is 9.12. The zero-order chi connectivity index (χ0) is 22.7. The molecule has 32 heavy (non-hydrogen) atoms. The van der Waals surface area contributed by atoms with Gasteiger partial charge in [-0.15, -0.1) is 0 Å². The summed E-state index contributed by atoms with van der Waals surface area (Å²) < 4.78 is 14.0. The van der Waals surface area contributed by atoms with E-state index in [1.807, 2.05) is 13.0 Å². The number of aromatic nitrogens is 2. The van der Waals surface area contributed by atoms with E-state index in [0.29, 0.717) is 41.4 Å². The van der Waals surface area contributed by atoms with Crippen LogP contribution < -0.4 is 10.2 Å². The lowest BCUT2D eigenvalue weighted by Crippen LogP contribution is -2.31. The van der Waals surface area contributed by atoms with Crippen LogP contribution in [0.3, 0.4) is 0 Å². The summed E-state index contributed by atoms with van der Waals surface area (Å²) >= 11 is 0. The zero-order valence-corrected chi connectivity index (χ0v) is 17.5. The van der Waals surface area contributed by atoms with Gasteiger partial charge >= 0.3 is 0 Å². The highest BCUT2D eigenvalue weighted by Gasteiger charge is 2.29. The van der Waals surface area contributed by atoms with Crippen molar-refractivity contribution in [3.05, 3.63) is 71.2 Å². The smallest absolute Gasteiger partial charge is 0.231 e. The van der Waals surface area contributed by atoms with Gasteiger partial charge in [-0.3, -0.25) is 4.79 Å². The summed E-state index contributed by atoms with van der Waals surface area (Å²) in [7, 11) is 0. The summed E-state index contributed by atoms with van der Waals surface area (Å²) in [4.78, 5) is 23.2. The predicted octanol–water partition coefficient (Wildman–Crippen LogP) is 3.08. The third kappa shape index (κ3) is 4.29. The number of fused-ring (bicyclic) bond motifs is 1. The molecular formula is C24H22FN5O2. The molecule has 0 bridgehead atoms. The van der Waals surface area contributed by atoms with E-state index in [4.69, 9.17) is 0 Å². The van der Waals surface area contributed by atoms with Crippen molar-refractivity contribution >= 4 is 17.5 Å². The van der Waals surface area contributed by atoms with Gasteiger partial charge in [-0.1, -0.05) is 18.2 Å². The van der Waals surface area contributed by atoms with Gasteiger partial charge in [0.05, 0.1) is 30.0 Å². The molecule has 0 fully saturated rings. The lowest BCUT2D eigenvalue weighted by atomic mass is 10.0. The van der Waals surface area contributed by atoms with Crippen molar-refractivity contribution in [2.24, 2.45) is 0 Å². The summed E-state index contributed by atoms with van der Waals surface area (Å²) in [6.45, 7) is 2.19. The van der Waals surface area contributed by atoms with Crippen LogP contribution in [-0.2, 0) is 17.6 Å². The summed E-state index contributed by atoms with van der Waals surface area (Å²) in [5.74, 6) is -0.283. The third-order valence-corrected chi connectivity index (χ3v) is 5.39. The first-order valence-electron chi connectivity index (χ1n) is 10.3. The van der Waals surface area contributed by atoms with E-state index >= 15 is 0 Å². The highest BCUT2D eigenvalue weighted by atomic mass is 19.1. The molecule has 8 heteroatoms. The lowest BCUT2D eigenvalue weighted by Gasteiger charge is -2.19. The van der Waals surface area contributed by atoms with Crippen LogP contribution in [0.15, 0.2) is 48.7 Å². The van der Waals surface area contributed by atoms with Crippen LogP contribution >= 0.6 is 0 Å². The van der Waals surface area contributed by atoms with Gasteiger partial charge in [-0.25, -0.2) is 14.4 Å². The number of hydrogen-bond acceptors (Lipinski definition) is 6. The topological polar surface area (TPSA) is 102 Å². The number of carbonyl (C=O) groups excluding carboxylic acids is 1. The van der Waals surface area contributed by atoms with Crippen molar-refractivity contribution in [2.45, 2.75) is 25.8 Å². The summed E-state index contributed by atoms with van der Waals surface area (Å²) in [6, 6.07) is 13.6. The number of carbonyl (C=O) groups is 1. The van der Waals surface area contributed by atoms with Gasteiger partial charge in [0, 0.05) is 24.3 Å². The van der Waals surface area contributed by atoms with Gasteiger partial charge in [0.1, 0.15) is 11.9 Å². The number of nitriles is 1. The molecule has 2 aromatic carbocycles. The van der Waals surface area contributed by atoms with Gasteiger partial charge in [0.2, 0.25) is 11.9 Å². The van der Waals surface area contributed by atoms with Crippen molar-refractivity contribution in [3.63, 3.8) is 0 Å². The normalized spacial score (nSPS) is 13.4. The van der Waals surface area contributed by atoms with E-state index in [2.05, 4.69) is 21.4 Å². The van der Waals surface area contributed by atoms with Crippen LogP contribution in [0.5, 0.6) is 0 Å². The van der Waals surface area contributed by atoms with Crippen LogP contribution in [-0.4, -0.2) is 40.2 Å². The zero-order valence-electron chi connectivity index (χ0n) is 17.5. The van der Waals surface area contributed by atoms with Crippen LogP contribution in [0.4, 0.5) is 16.0 Å². The largest absolute Gasteiger partial charge is 0.394 e. The molecule has 162 valence electrons. The Hall–Kier alpha value is -3.83. The highest BCUT2D eigenvalue weighted by molar-refractivity contribution is 5.98. The molecule has 0 saturated heterocycles. The van der Waals surface area contributed by atoms with Crippen LogP contribution in [0.1, 0.15) is 23.6 Å². The number of hydrogen-bond donors (Lipinski definition) is 2. The van der Waals surface area contributed by atoms with E-state index in [1.54, 1.807) is 41.4 Å². The first-order valence-corrected chi connectivity index (χ1v) is 10.3. The molecule has 1 amide bonds. The first kappa shape index (κ1) is 21.4. The monoisotopic (exact) mass is 431 g/mol. The van der Waals surface area contributed by atoms with Crippen LogP contribution in [0, 0.1) is 17.1 Å². The maximum absolute atomic E-state index is 14.0. The molecule has 0 spiro atoms. The molecule has 0 radical (unpaired) electrons. The average Bonchev–Trinajstić information content (AvgIpc) is 3.24. The Labute approximate surface area is 185 Å². The Bertz CT molecular complexity index is 1210. The summed E-state index contributed by atoms with van der Waals surface area (Å²) in [6.07, 6.45) is 2.14. The SMILES string of the molecule is CC(CO)Nc1nccc(-c2cc(C#N)c3c(c2)CCN3C(=O)Cc2ccccc2F)n1. The Balaban J connectivity index is 1.64. The fourth-order valence-electron chi connectivity index (χ4n) is 3.79. The minimum absolute atomic E-state index is 0.0538. The van der Waals surface area contributed by atoms with Crippen molar-refractivity contribution in [1.82, 2.24) is 9.97 Å². The quantitative estimate of drug-likeness (QED) is 0.622. The summed E-state index contributed by atoms with van der Waals surface area (Å²) in [5, 5.41) is 22.0. The Morgan fingerprint density at radius 2 is 2.16 bits per heavy atom. The number of benzene rings is 2. The second-order valence-electron chi connectivity index (χ2n) is 7.70. The van der Waals surface area contributed by atoms with Gasteiger partial charge in [-0.05, 0) is 48.7 Å². The fourth-order valence-corrected chi connectivity index (χ4v) is 3.79. The van der Waals surface area contributed by atoms with Crippen molar-refractivity contribution in [1.29, 1.82) is 5.26 Å². The van der Waals surface area contributed by atoms with Gasteiger partial charge in [-0.2, -0.15) is 5.26 Å². The molecule has 2 N–H and O–H groups in total. The second-order valence-corrected chi connectivity index (χ2v) is 7.70. The maximum Gasteiger partial charge on any atom is 0.231 e. The first-order chi connectivity index (χ1) is 15.5. The fraction of sp³-hybridized carbons (Fsp3) is 0.250. The highest BCUT2D eigenvalue weighted by Crippen LogP contribution is 2.36. The minimum atomic E-state index is -0.417.